The average Bonchev–Trinajstić information content (AvgIpc) is 2.34. The quantitative estimate of drug-likeness (QED) is 0.740. The maximum atomic E-state index is 10.8. The van der Waals surface area contributed by atoms with Gasteiger partial charge in [-0.15, -0.1) is 10.2 Å². The second kappa shape index (κ2) is 4.06. The first-order valence-corrected chi connectivity index (χ1v) is 6.14. The Bertz CT molecular complexity index is 373. The van der Waals surface area contributed by atoms with Gasteiger partial charge in [0.25, 0.3) is 0 Å². The number of halogens is 1. The monoisotopic (exact) mass is 223 g/mol. The average molecular weight is 224 g/mol. The van der Waals surface area contributed by atoms with Crippen LogP contribution in [0.5, 0.6) is 0 Å². The molecule has 1 heterocycles. The Hall–Kier alpha value is -0.620. The molecular formula is C6H10ClN3O2S. The van der Waals surface area contributed by atoms with Crippen molar-refractivity contribution in [1.82, 2.24) is 14.8 Å². The molecule has 5 nitrogen and oxygen atoms in total. The molecule has 1 aromatic heterocycles. The lowest BCUT2D eigenvalue weighted by molar-refractivity contribution is 0.591. The van der Waals surface area contributed by atoms with Crippen LogP contribution < -0.4 is 0 Å². The molecule has 0 aliphatic heterocycles. The predicted molar refractivity (Wildman–Crippen MR) is 49.4 cm³/mol. The second-order valence-electron chi connectivity index (χ2n) is 2.78. The number of rotatable bonds is 4. The van der Waals surface area contributed by atoms with Crippen LogP contribution in [0, 0.1) is 0 Å². The summed E-state index contributed by atoms with van der Waals surface area (Å²) in [6.07, 6.45) is 3.21. The molecule has 0 spiro atoms. The lowest BCUT2D eigenvalue weighted by Crippen LogP contribution is -2.07. The molecule has 0 saturated heterocycles. The van der Waals surface area contributed by atoms with E-state index < -0.39 is 9.84 Å². The number of hydrogen-bond acceptors (Lipinski definition) is 4. The van der Waals surface area contributed by atoms with Crippen molar-refractivity contribution in [3.8, 4) is 0 Å². The van der Waals surface area contributed by atoms with Crippen LogP contribution in [0.15, 0.2) is 6.33 Å². The molecule has 1 aromatic rings. The van der Waals surface area contributed by atoms with Gasteiger partial charge in [0.1, 0.15) is 16.2 Å². The Balaban J connectivity index is 2.41. The lowest BCUT2D eigenvalue weighted by Gasteiger charge is -2.00. The molecule has 0 saturated carbocycles. The van der Waals surface area contributed by atoms with Crippen molar-refractivity contribution >= 4 is 21.4 Å². The molecule has 13 heavy (non-hydrogen) atoms. The first-order chi connectivity index (χ1) is 5.99. The number of aromatic nitrogens is 3. The third-order valence-electron chi connectivity index (χ3n) is 1.48. The molecule has 1 rings (SSSR count). The van der Waals surface area contributed by atoms with Gasteiger partial charge in [-0.3, -0.25) is 0 Å². The summed E-state index contributed by atoms with van der Waals surface area (Å²) < 4.78 is 23.1. The highest BCUT2D eigenvalue weighted by atomic mass is 35.5. The van der Waals surface area contributed by atoms with E-state index in [0.29, 0.717) is 13.0 Å². The Morgan fingerprint density at radius 1 is 1.62 bits per heavy atom. The van der Waals surface area contributed by atoms with Gasteiger partial charge in [0, 0.05) is 12.8 Å². The van der Waals surface area contributed by atoms with E-state index in [9.17, 15) is 8.42 Å². The minimum absolute atomic E-state index is 0.154. The lowest BCUT2D eigenvalue weighted by atomic mass is 10.5. The van der Waals surface area contributed by atoms with Gasteiger partial charge >= 0.3 is 0 Å². The fraction of sp³-hybridized carbons (Fsp3) is 0.667. The molecule has 0 aromatic carbocycles. The van der Waals surface area contributed by atoms with E-state index in [2.05, 4.69) is 10.2 Å². The summed E-state index contributed by atoms with van der Waals surface area (Å²) in [5.74, 6) is 0.154. The first-order valence-electron chi connectivity index (χ1n) is 3.70. The van der Waals surface area contributed by atoms with Crippen molar-refractivity contribution in [2.45, 2.75) is 13.0 Å². The second-order valence-corrected chi connectivity index (χ2v) is 5.37. The third-order valence-corrected chi connectivity index (χ3v) is 2.81. The van der Waals surface area contributed by atoms with Gasteiger partial charge in [-0.25, -0.2) is 8.42 Å². The van der Waals surface area contributed by atoms with E-state index in [4.69, 9.17) is 11.6 Å². The first kappa shape index (κ1) is 10.5. The Morgan fingerprint density at radius 3 is 2.77 bits per heavy atom. The zero-order chi connectivity index (χ0) is 9.90. The molecule has 0 aliphatic rings. The molecule has 7 heteroatoms. The summed E-state index contributed by atoms with van der Waals surface area (Å²) in [5.41, 5.74) is 0. The smallest absolute Gasteiger partial charge is 0.224 e. The molecular weight excluding hydrogens is 214 g/mol. The largest absolute Gasteiger partial charge is 0.304 e. The minimum atomic E-state index is -2.89. The summed E-state index contributed by atoms with van der Waals surface area (Å²) in [5, 5.41) is 7.41. The van der Waals surface area contributed by atoms with Gasteiger partial charge in [-0.1, -0.05) is 0 Å². The van der Waals surface area contributed by atoms with Gasteiger partial charge in [0.05, 0.1) is 5.75 Å². The fourth-order valence-corrected chi connectivity index (χ4v) is 1.71. The van der Waals surface area contributed by atoms with Crippen molar-refractivity contribution in [2.75, 3.05) is 12.0 Å². The van der Waals surface area contributed by atoms with E-state index in [-0.39, 0.29) is 11.0 Å². The Kier molecular flexibility index (Phi) is 3.27. The molecule has 0 unspecified atom stereocenters. The van der Waals surface area contributed by atoms with Crippen molar-refractivity contribution in [1.29, 1.82) is 0 Å². The Morgan fingerprint density at radius 2 is 2.31 bits per heavy atom. The van der Waals surface area contributed by atoms with Crippen LogP contribution in [-0.4, -0.2) is 35.2 Å². The zero-order valence-electron chi connectivity index (χ0n) is 7.14. The standard InChI is InChI=1S/C6H10ClN3O2S/c1-13(11,12)4-2-3-10-5-8-9-6(10)7/h5H,2-4H2,1H3. The molecule has 0 N–H and O–H groups in total. The van der Waals surface area contributed by atoms with Crippen molar-refractivity contribution in [3.63, 3.8) is 0 Å². The van der Waals surface area contributed by atoms with Crippen molar-refractivity contribution in [3.05, 3.63) is 11.6 Å². The number of hydrogen-bond donors (Lipinski definition) is 0. The summed E-state index contributed by atoms with van der Waals surface area (Å²) in [4.78, 5) is 0. The maximum Gasteiger partial charge on any atom is 0.224 e. The SMILES string of the molecule is CS(=O)(=O)CCCn1cnnc1Cl. The van der Waals surface area contributed by atoms with Crippen LogP contribution in [-0.2, 0) is 16.4 Å². The molecule has 74 valence electrons. The number of aryl methyl sites for hydroxylation is 1. The van der Waals surface area contributed by atoms with Crippen LogP contribution in [0.1, 0.15) is 6.42 Å². The van der Waals surface area contributed by atoms with Crippen LogP contribution in [0.3, 0.4) is 0 Å². The van der Waals surface area contributed by atoms with Crippen LogP contribution in [0.4, 0.5) is 0 Å². The molecule has 0 amide bonds. The maximum absolute atomic E-state index is 10.8. The summed E-state index contributed by atoms with van der Waals surface area (Å²) in [6, 6.07) is 0. The summed E-state index contributed by atoms with van der Waals surface area (Å²) >= 11 is 5.63. The van der Waals surface area contributed by atoms with Gasteiger partial charge < -0.3 is 4.57 Å². The van der Waals surface area contributed by atoms with Crippen molar-refractivity contribution in [2.24, 2.45) is 0 Å². The highest BCUT2D eigenvalue weighted by Gasteiger charge is 2.04. The summed E-state index contributed by atoms with van der Waals surface area (Å²) in [7, 11) is -2.89. The fourth-order valence-electron chi connectivity index (χ4n) is 0.888. The normalized spacial score (nSPS) is 11.8. The van der Waals surface area contributed by atoms with Gasteiger partial charge in [0.15, 0.2) is 0 Å². The number of nitrogens with zero attached hydrogens (tertiary/aromatic N) is 3. The summed E-state index contributed by atoms with van der Waals surface area (Å²) in [6.45, 7) is 0.527. The molecule has 0 bridgehead atoms. The third kappa shape index (κ3) is 3.73. The molecule has 0 radical (unpaired) electrons. The zero-order valence-corrected chi connectivity index (χ0v) is 8.72. The van der Waals surface area contributed by atoms with E-state index in [1.54, 1.807) is 4.57 Å². The molecule has 0 fully saturated rings. The molecule has 0 aliphatic carbocycles. The van der Waals surface area contributed by atoms with Gasteiger partial charge in [-0.2, -0.15) is 0 Å². The minimum Gasteiger partial charge on any atom is -0.304 e. The van der Waals surface area contributed by atoms with E-state index >= 15 is 0 Å². The van der Waals surface area contributed by atoms with E-state index in [1.807, 2.05) is 0 Å². The highest BCUT2D eigenvalue weighted by molar-refractivity contribution is 7.90. The van der Waals surface area contributed by atoms with Crippen molar-refractivity contribution < 1.29 is 8.42 Å². The number of sulfone groups is 1. The van der Waals surface area contributed by atoms with Gasteiger partial charge in [-0.05, 0) is 18.0 Å². The highest BCUT2D eigenvalue weighted by Crippen LogP contribution is 2.03. The predicted octanol–water partition coefficient (Wildman–Crippen LogP) is 0.366. The van der Waals surface area contributed by atoms with Crippen LogP contribution >= 0.6 is 11.6 Å². The van der Waals surface area contributed by atoms with E-state index in [0.717, 1.165) is 0 Å². The topological polar surface area (TPSA) is 64.8 Å². The van der Waals surface area contributed by atoms with E-state index in [1.165, 1.54) is 12.6 Å². The Labute approximate surface area is 81.6 Å². The van der Waals surface area contributed by atoms with Crippen LogP contribution in [0.25, 0.3) is 0 Å². The molecule has 0 atom stereocenters. The van der Waals surface area contributed by atoms with Crippen LogP contribution in [0.2, 0.25) is 5.28 Å². The van der Waals surface area contributed by atoms with Gasteiger partial charge in [0.2, 0.25) is 5.28 Å².